The van der Waals surface area contributed by atoms with Gasteiger partial charge in [-0.25, -0.2) is 0 Å². The lowest BCUT2D eigenvalue weighted by Gasteiger charge is -1.92. The van der Waals surface area contributed by atoms with Crippen molar-refractivity contribution < 1.29 is 20.1 Å². The van der Waals surface area contributed by atoms with E-state index in [0.717, 1.165) is 7.11 Å². The Hall–Kier alpha value is -0.160. The first-order chi connectivity index (χ1) is 3.27. The van der Waals surface area contributed by atoms with Gasteiger partial charge in [-0.15, -0.1) is 0 Å². The van der Waals surface area contributed by atoms with Crippen LogP contribution in [0.4, 0.5) is 0 Å². The maximum Gasteiger partial charge on any atom is 0.266 e. The van der Waals surface area contributed by atoms with Crippen LogP contribution in [0.15, 0.2) is 0 Å². The third-order valence-electron chi connectivity index (χ3n) is 0.211. The Morgan fingerprint density at radius 2 is 1.43 bits per heavy atom. The Morgan fingerprint density at radius 1 is 1.29 bits per heavy atom. The molecule has 4 nitrogen and oxygen atoms in total. The number of hydrogen-bond acceptors (Lipinski definition) is 4. The van der Waals surface area contributed by atoms with Gasteiger partial charge in [0.25, 0.3) is 6.48 Å². The van der Waals surface area contributed by atoms with Crippen molar-refractivity contribution in [2.24, 2.45) is 0 Å². The highest BCUT2D eigenvalue weighted by Gasteiger charge is 1.82. The summed E-state index contributed by atoms with van der Waals surface area (Å²) in [6.07, 6.45) is 0. The van der Waals surface area contributed by atoms with E-state index in [9.17, 15) is 0 Å². The topological polar surface area (TPSA) is 69.9 Å². The second-order valence-electron chi connectivity index (χ2n) is 0.562. The lowest BCUT2D eigenvalue weighted by atomic mass is 11.3. The molecule has 4 heteroatoms. The molecule has 7 heavy (non-hydrogen) atoms. The summed E-state index contributed by atoms with van der Waals surface area (Å²) < 4.78 is 3.86. The van der Waals surface area contributed by atoms with E-state index < -0.39 is 6.48 Å². The van der Waals surface area contributed by atoms with Crippen molar-refractivity contribution in [3.8, 4) is 0 Å². The van der Waals surface area contributed by atoms with Gasteiger partial charge >= 0.3 is 0 Å². The Kier molecular flexibility index (Phi) is 13.2. The highest BCUT2D eigenvalue weighted by Crippen LogP contribution is 1.66. The minimum atomic E-state index is -1.62. The van der Waals surface area contributed by atoms with E-state index in [4.69, 9.17) is 15.3 Å². The summed E-state index contributed by atoms with van der Waals surface area (Å²) in [7, 11) is 2.20. The molecule has 0 aliphatic carbocycles. The molecule has 0 spiro atoms. The second kappa shape index (κ2) is 9.28. The van der Waals surface area contributed by atoms with E-state index in [0.29, 0.717) is 0 Å². The molecule has 0 aliphatic rings. The number of methoxy groups -OCH3 is 1. The van der Waals surface area contributed by atoms with Crippen molar-refractivity contribution in [3.05, 3.63) is 0 Å². The summed E-state index contributed by atoms with van der Waals surface area (Å²) in [6, 6.07) is 0. The van der Waals surface area contributed by atoms with Gasteiger partial charge in [-0.2, -0.15) is 0 Å². The van der Waals surface area contributed by atoms with Crippen LogP contribution in [0.3, 0.4) is 0 Å². The van der Waals surface area contributed by atoms with Gasteiger partial charge in [0, 0.05) is 14.2 Å². The summed E-state index contributed by atoms with van der Waals surface area (Å²) in [6.45, 7) is -1.62. The highest BCUT2D eigenvalue weighted by atomic mass is 16.7. The molecule has 0 bridgehead atoms. The van der Waals surface area contributed by atoms with E-state index in [1.807, 2.05) is 0 Å². The average molecular weight is 110 g/mol. The van der Waals surface area contributed by atoms with Crippen LogP contribution in [-0.4, -0.2) is 36.0 Å². The molecular formula is C3H10O4. The molecule has 0 aliphatic heterocycles. The fourth-order valence-corrected chi connectivity index (χ4v) is 0. The molecule has 0 amide bonds. The number of rotatable bonds is 1. The zero-order chi connectivity index (χ0) is 6.28. The zero-order valence-corrected chi connectivity index (χ0v) is 4.33. The smallest absolute Gasteiger partial charge is 0.266 e. The quantitative estimate of drug-likeness (QED) is 0.360. The Balaban J connectivity index is 0. The molecule has 0 aromatic rings. The molecule has 0 radical (unpaired) electrons. The van der Waals surface area contributed by atoms with Crippen molar-refractivity contribution in [1.82, 2.24) is 0 Å². The minimum Gasteiger partial charge on any atom is -0.400 e. The van der Waals surface area contributed by atoms with Crippen LogP contribution < -0.4 is 0 Å². The molecule has 0 saturated carbocycles. The molecular weight excluding hydrogens is 100 g/mol. The van der Waals surface area contributed by atoms with Crippen LogP contribution in [-0.2, 0) is 4.74 Å². The number of aliphatic hydroxyl groups excluding tert-OH is 2. The van der Waals surface area contributed by atoms with Crippen molar-refractivity contribution in [2.45, 2.75) is 6.48 Å². The molecule has 0 aromatic carbocycles. The summed E-state index contributed by atoms with van der Waals surface area (Å²) >= 11 is 0. The minimum absolute atomic E-state index is 1.00. The largest absolute Gasteiger partial charge is 0.400 e. The zero-order valence-electron chi connectivity index (χ0n) is 4.33. The lowest BCUT2D eigenvalue weighted by Crippen LogP contribution is -2.04. The summed E-state index contributed by atoms with van der Waals surface area (Å²) in [5.74, 6) is 0. The molecule has 3 N–H and O–H groups in total. The van der Waals surface area contributed by atoms with Gasteiger partial charge in [0.1, 0.15) is 0 Å². The number of hydrogen-bond donors (Lipinski definition) is 3. The molecule has 0 heterocycles. The monoisotopic (exact) mass is 110 g/mol. The molecule has 0 saturated heterocycles. The SMILES string of the molecule is CO.COC(O)O. The first kappa shape index (κ1) is 9.96. The fourth-order valence-electron chi connectivity index (χ4n) is 0. The van der Waals surface area contributed by atoms with Crippen molar-refractivity contribution >= 4 is 0 Å². The van der Waals surface area contributed by atoms with Gasteiger partial charge in [0.05, 0.1) is 0 Å². The fraction of sp³-hybridized carbons (Fsp3) is 1.00. The van der Waals surface area contributed by atoms with E-state index >= 15 is 0 Å². The maximum absolute atomic E-state index is 7.69. The molecule has 0 fully saturated rings. The maximum atomic E-state index is 7.69. The first-order valence-electron chi connectivity index (χ1n) is 1.61. The average Bonchev–Trinajstić information content (AvgIpc) is 1.73. The van der Waals surface area contributed by atoms with Gasteiger partial charge < -0.3 is 20.1 Å². The Morgan fingerprint density at radius 3 is 1.43 bits per heavy atom. The molecule has 0 atom stereocenters. The van der Waals surface area contributed by atoms with E-state index in [1.54, 1.807) is 0 Å². The van der Waals surface area contributed by atoms with Crippen molar-refractivity contribution in [2.75, 3.05) is 14.2 Å². The molecule has 0 aromatic heterocycles. The number of aliphatic hydroxyl groups is 3. The predicted molar refractivity (Wildman–Crippen MR) is 23.4 cm³/mol. The third-order valence-corrected chi connectivity index (χ3v) is 0.211. The summed E-state index contributed by atoms with van der Waals surface area (Å²) in [5, 5.41) is 22.4. The van der Waals surface area contributed by atoms with Crippen molar-refractivity contribution in [3.63, 3.8) is 0 Å². The first-order valence-corrected chi connectivity index (χ1v) is 1.61. The van der Waals surface area contributed by atoms with Gasteiger partial charge in [-0.1, -0.05) is 0 Å². The third kappa shape index (κ3) is 25.4. The molecule has 0 rings (SSSR count). The number of ether oxygens (including phenoxy) is 1. The second-order valence-corrected chi connectivity index (χ2v) is 0.562. The van der Waals surface area contributed by atoms with Gasteiger partial charge in [0.15, 0.2) is 0 Å². The van der Waals surface area contributed by atoms with Crippen LogP contribution in [0.2, 0.25) is 0 Å². The van der Waals surface area contributed by atoms with Gasteiger partial charge in [-0.3, -0.25) is 0 Å². The van der Waals surface area contributed by atoms with Crippen molar-refractivity contribution in [1.29, 1.82) is 0 Å². The van der Waals surface area contributed by atoms with Crippen LogP contribution in [0.1, 0.15) is 0 Å². The predicted octanol–water partition coefficient (Wildman–Crippen LogP) is -1.49. The van der Waals surface area contributed by atoms with Crippen LogP contribution in [0, 0.1) is 0 Å². The van der Waals surface area contributed by atoms with Crippen LogP contribution >= 0.6 is 0 Å². The highest BCUT2D eigenvalue weighted by molar-refractivity contribution is 3.90. The lowest BCUT2D eigenvalue weighted by molar-refractivity contribution is -0.218. The molecule has 0 unspecified atom stereocenters. The van der Waals surface area contributed by atoms with E-state index in [1.165, 1.54) is 7.11 Å². The Labute approximate surface area is 42.0 Å². The summed E-state index contributed by atoms with van der Waals surface area (Å²) in [4.78, 5) is 0. The molecule has 46 valence electrons. The van der Waals surface area contributed by atoms with Gasteiger partial charge in [-0.05, 0) is 0 Å². The van der Waals surface area contributed by atoms with E-state index in [-0.39, 0.29) is 0 Å². The van der Waals surface area contributed by atoms with Crippen LogP contribution in [0.5, 0.6) is 0 Å². The standard InChI is InChI=1S/C2H6O3.CH4O/c1-5-2(3)4;1-2/h2-4H,1H3;2H,1H3. The van der Waals surface area contributed by atoms with Crippen LogP contribution in [0.25, 0.3) is 0 Å². The van der Waals surface area contributed by atoms with Gasteiger partial charge in [0.2, 0.25) is 0 Å². The summed E-state index contributed by atoms with van der Waals surface area (Å²) in [5.41, 5.74) is 0. The van der Waals surface area contributed by atoms with E-state index in [2.05, 4.69) is 4.74 Å². The Bertz CT molecular complexity index is 20.9. The normalized spacial score (nSPS) is 7.71.